The van der Waals surface area contributed by atoms with Gasteiger partial charge in [0.2, 0.25) is 5.95 Å². The molecule has 0 spiro atoms. The van der Waals surface area contributed by atoms with E-state index in [1.54, 1.807) is 6.20 Å². The molecule has 0 radical (unpaired) electrons. The number of hydrogen-bond acceptors (Lipinski definition) is 5. The van der Waals surface area contributed by atoms with E-state index in [0.717, 1.165) is 12.0 Å². The lowest BCUT2D eigenvalue weighted by molar-refractivity contribution is 0.281. The van der Waals surface area contributed by atoms with Crippen molar-refractivity contribution in [1.29, 1.82) is 0 Å². The van der Waals surface area contributed by atoms with Crippen molar-refractivity contribution in [2.75, 3.05) is 11.9 Å². The minimum atomic E-state index is -0.261. The molecule has 1 unspecified atom stereocenters. The number of hydrogen-bond donors (Lipinski definition) is 4. The average Bonchev–Trinajstić information content (AvgIpc) is 2.93. The minimum Gasteiger partial charge on any atom is -0.396 e. The van der Waals surface area contributed by atoms with Crippen molar-refractivity contribution in [2.45, 2.75) is 6.42 Å². The van der Waals surface area contributed by atoms with Gasteiger partial charge in [0.05, 0.1) is 6.33 Å². The van der Waals surface area contributed by atoms with Gasteiger partial charge in [-0.3, -0.25) is 9.78 Å². The Morgan fingerprint density at radius 1 is 1.65 bits per heavy atom. The third-order valence-electron chi connectivity index (χ3n) is 2.76. The summed E-state index contributed by atoms with van der Waals surface area (Å²) in [5, 5.41) is 11.8. The monoisotopic (exact) mass is 233 g/mol. The molecule has 0 saturated heterocycles. The molecule has 88 valence electrons. The molecule has 0 bridgehead atoms. The first-order valence-corrected chi connectivity index (χ1v) is 5.27. The van der Waals surface area contributed by atoms with Crippen LogP contribution in [0, 0.1) is 5.92 Å². The predicted octanol–water partition coefficient (Wildman–Crippen LogP) is -0.0458. The third kappa shape index (κ3) is 1.80. The van der Waals surface area contributed by atoms with Crippen molar-refractivity contribution in [2.24, 2.45) is 5.92 Å². The maximum atomic E-state index is 11.6. The lowest BCUT2D eigenvalue weighted by Crippen LogP contribution is -2.10. The van der Waals surface area contributed by atoms with Crippen molar-refractivity contribution in [1.82, 2.24) is 19.9 Å². The molecule has 0 aromatic carbocycles. The highest BCUT2D eigenvalue weighted by atomic mass is 16.3. The molecular weight excluding hydrogens is 222 g/mol. The first-order chi connectivity index (χ1) is 8.28. The molecule has 3 rings (SSSR count). The topological polar surface area (TPSA) is 107 Å². The summed E-state index contributed by atoms with van der Waals surface area (Å²) in [5.41, 5.74) is 1.60. The lowest BCUT2D eigenvalue weighted by Gasteiger charge is -1.98. The van der Waals surface area contributed by atoms with Crippen molar-refractivity contribution < 1.29 is 5.11 Å². The maximum Gasteiger partial charge on any atom is 0.278 e. The van der Waals surface area contributed by atoms with E-state index in [4.69, 9.17) is 5.11 Å². The van der Waals surface area contributed by atoms with E-state index in [1.807, 2.05) is 0 Å². The van der Waals surface area contributed by atoms with E-state index in [9.17, 15) is 4.79 Å². The zero-order chi connectivity index (χ0) is 11.8. The minimum absolute atomic E-state index is 0.163. The Labute approximate surface area is 95.6 Å². The van der Waals surface area contributed by atoms with Crippen LogP contribution in [-0.4, -0.2) is 31.6 Å². The van der Waals surface area contributed by atoms with Gasteiger partial charge in [-0.15, -0.1) is 0 Å². The third-order valence-corrected chi connectivity index (χ3v) is 2.76. The zero-order valence-corrected chi connectivity index (χ0v) is 8.90. The molecule has 7 heteroatoms. The van der Waals surface area contributed by atoms with E-state index in [1.165, 1.54) is 6.33 Å². The van der Waals surface area contributed by atoms with Gasteiger partial charge in [-0.2, -0.15) is 4.98 Å². The normalized spacial score (nSPS) is 21.0. The molecule has 1 aliphatic carbocycles. The van der Waals surface area contributed by atoms with Gasteiger partial charge in [0.25, 0.3) is 5.56 Å². The van der Waals surface area contributed by atoms with Crippen LogP contribution in [0.25, 0.3) is 11.2 Å². The van der Waals surface area contributed by atoms with Crippen molar-refractivity contribution in [3.63, 3.8) is 0 Å². The molecule has 1 atom stereocenters. The Balaban J connectivity index is 1.86. The van der Waals surface area contributed by atoms with Crippen molar-refractivity contribution >= 4 is 17.1 Å². The molecule has 1 aliphatic rings. The van der Waals surface area contributed by atoms with E-state index >= 15 is 0 Å². The van der Waals surface area contributed by atoms with Gasteiger partial charge in [-0.1, -0.05) is 0 Å². The van der Waals surface area contributed by atoms with Crippen LogP contribution in [0.4, 0.5) is 5.95 Å². The van der Waals surface area contributed by atoms with E-state index in [0.29, 0.717) is 17.1 Å². The molecule has 17 heavy (non-hydrogen) atoms. The number of H-pyrrole nitrogens is 2. The number of nitrogens with one attached hydrogen (secondary N) is 3. The van der Waals surface area contributed by atoms with Gasteiger partial charge in [0, 0.05) is 18.7 Å². The van der Waals surface area contributed by atoms with Gasteiger partial charge in [-0.25, -0.2) is 4.98 Å². The van der Waals surface area contributed by atoms with Crippen LogP contribution in [0.3, 0.4) is 0 Å². The first-order valence-electron chi connectivity index (χ1n) is 5.27. The second-order valence-corrected chi connectivity index (χ2v) is 3.96. The van der Waals surface area contributed by atoms with Crippen LogP contribution >= 0.6 is 0 Å². The van der Waals surface area contributed by atoms with Gasteiger partial charge >= 0.3 is 0 Å². The highest BCUT2D eigenvalue weighted by molar-refractivity contribution is 5.69. The summed E-state index contributed by atoms with van der Waals surface area (Å²) in [7, 11) is 0. The quantitative estimate of drug-likeness (QED) is 0.595. The van der Waals surface area contributed by atoms with Gasteiger partial charge in [0.1, 0.15) is 0 Å². The Hall–Kier alpha value is -2.15. The molecular formula is C10H11N5O2. The Morgan fingerprint density at radius 2 is 2.53 bits per heavy atom. The summed E-state index contributed by atoms with van der Waals surface area (Å²) in [4.78, 5) is 24.9. The van der Waals surface area contributed by atoms with E-state index in [-0.39, 0.29) is 18.1 Å². The van der Waals surface area contributed by atoms with E-state index in [2.05, 4.69) is 25.3 Å². The fraction of sp³-hybridized carbons (Fsp3) is 0.300. The first kappa shape index (κ1) is 10.0. The predicted molar refractivity (Wildman–Crippen MR) is 61.4 cm³/mol. The maximum absolute atomic E-state index is 11.6. The molecule has 2 aromatic heterocycles. The van der Waals surface area contributed by atoms with Crippen LogP contribution in [0.15, 0.2) is 22.9 Å². The van der Waals surface area contributed by atoms with Gasteiger partial charge < -0.3 is 15.4 Å². The molecule has 0 amide bonds. The number of anilines is 1. The van der Waals surface area contributed by atoms with Gasteiger partial charge in [0.15, 0.2) is 11.2 Å². The molecule has 2 heterocycles. The summed E-state index contributed by atoms with van der Waals surface area (Å²) >= 11 is 0. The Kier molecular flexibility index (Phi) is 2.19. The number of aliphatic hydroxyl groups excluding tert-OH is 1. The van der Waals surface area contributed by atoms with Crippen LogP contribution in [0.5, 0.6) is 0 Å². The molecule has 0 aliphatic heterocycles. The summed E-state index contributed by atoms with van der Waals surface area (Å²) in [6, 6.07) is 0. The SMILES string of the molecule is O=c1[nH]c(NC=C2CC2CO)nc2nc[nH]c12. The molecule has 4 N–H and O–H groups in total. The average molecular weight is 233 g/mol. The van der Waals surface area contributed by atoms with Crippen LogP contribution < -0.4 is 10.9 Å². The Morgan fingerprint density at radius 3 is 3.29 bits per heavy atom. The smallest absolute Gasteiger partial charge is 0.278 e. The van der Waals surface area contributed by atoms with Crippen LogP contribution in [0.2, 0.25) is 0 Å². The highest BCUT2D eigenvalue weighted by Gasteiger charge is 2.28. The van der Waals surface area contributed by atoms with Crippen molar-refractivity contribution in [3.05, 3.63) is 28.5 Å². The fourth-order valence-electron chi connectivity index (χ4n) is 1.66. The van der Waals surface area contributed by atoms with Crippen LogP contribution in [-0.2, 0) is 0 Å². The standard InChI is InChI=1S/C10H11N5O2/c16-3-6-1-5(6)2-11-10-14-8-7(9(17)15-10)12-4-13-8/h2,4,6,16H,1,3H2,(H3,11,12,13,14,15,17). The zero-order valence-electron chi connectivity index (χ0n) is 8.90. The summed E-state index contributed by atoms with van der Waals surface area (Å²) in [6.07, 6.45) is 4.08. The van der Waals surface area contributed by atoms with E-state index < -0.39 is 0 Å². The highest BCUT2D eigenvalue weighted by Crippen LogP contribution is 2.36. The number of fused-ring (bicyclic) bond motifs is 1. The number of rotatable bonds is 3. The second-order valence-electron chi connectivity index (χ2n) is 3.96. The summed E-state index contributed by atoms with van der Waals surface area (Å²) in [5.74, 6) is 0.606. The number of aromatic amines is 2. The van der Waals surface area contributed by atoms with Crippen molar-refractivity contribution in [3.8, 4) is 0 Å². The fourth-order valence-corrected chi connectivity index (χ4v) is 1.66. The largest absolute Gasteiger partial charge is 0.396 e. The van der Waals surface area contributed by atoms with Gasteiger partial charge in [-0.05, 0) is 12.0 Å². The summed E-state index contributed by atoms with van der Waals surface area (Å²) in [6.45, 7) is 0.163. The molecule has 1 fully saturated rings. The van der Waals surface area contributed by atoms with Crippen LogP contribution in [0.1, 0.15) is 6.42 Å². The number of aliphatic hydroxyl groups is 1. The molecule has 1 saturated carbocycles. The number of aromatic nitrogens is 4. The number of imidazole rings is 1. The second kappa shape index (κ2) is 3.70. The lowest BCUT2D eigenvalue weighted by atomic mass is 10.4. The molecule has 7 nitrogen and oxygen atoms in total. The Bertz CT molecular complexity index is 641. The number of nitrogens with zero attached hydrogens (tertiary/aromatic N) is 2. The summed E-state index contributed by atoms with van der Waals surface area (Å²) < 4.78 is 0. The molecule has 2 aromatic rings.